The second-order valence-corrected chi connectivity index (χ2v) is 18.6. The Balaban J connectivity index is 1.41. The molecule has 1 saturated heterocycles. The number of benzene rings is 1. The molecule has 2 aliphatic heterocycles. The number of hydrogen-bond donors (Lipinski definition) is 1. The summed E-state index contributed by atoms with van der Waals surface area (Å²) in [6.07, 6.45) is 4.29. The van der Waals surface area contributed by atoms with E-state index in [1.54, 1.807) is 12.4 Å². The van der Waals surface area contributed by atoms with E-state index in [4.69, 9.17) is 14.1 Å². The molecule has 0 spiro atoms. The van der Waals surface area contributed by atoms with Gasteiger partial charge in [-0.2, -0.15) is 10.4 Å². The van der Waals surface area contributed by atoms with Crippen LogP contribution in [0.15, 0.2) is 30.6 Å². The molecule has 4 heterocycles. The zero-order chi connectivity index (χ0) is 32.4. The number of anilines is 3. The van der Waals surface area contributed by atoms with E-state index in [0.29, 0.717) is 30.4 Å². The van der Waals surface area contributed by atoms with Gasteiger partial charge in [-0.25, -0.2) is 9.97 Å². The molecule has 0 bridgehead atoms. The van der Waals surface area contributed by atoms with Gasteiger partial charge in [-0.15, -0.1) is 0 Å². The van der Waals surface area contributed by atoms with E-state index in [1.807, 2.05) is 28.5 Å². The van der Waals surface area contributed by atoms with E-state index in [2.05, 4.69) is 73.2 Å². The topological polar surface area (TPSA) is 121 Å². The van der Waals surface area contributed by atoms with E-state index in [1.165, 1.54) is 7.41 Å². The molecule has 0 saturated carbocycles. The van der Waals surface area contributed by atoms with Crippen molar-refractivity contribution >= 4 is 39.2 Å². The molecule has 1 fully saturated rings. The normalized spacial score (nSPS) is 18.8. The van der Waals surface area contributed by atoms with E-state index in [0.717, 1.165) is 73.8 Å². The number of hydrogen-bond acceptors (Lipinski definition) is 10. The molecule has 5 rings (SSSR count). The molecule has 237 valence electrons. The number of morpholine rings is 1. The van der Waals surface area contributed by atoms with Gasteiger partial charge in [-0.1, -0.05) is 27.7 Å². The first-order valence-corrected chi connectivity index (χ1v) is 18.5. The fraction of sp³-hybridized carbons (Fsp3) is 0.531. The number of carbonyl (C=O) groups excluding carboxylic acids is 1. The minimum Gasteiger partial charge on any atom is -0.416 e. The molecule has 1 radical (unpaired) electrons. The Morgan fingerprint density at radius 3 is 2.69 bits per heavy atom. The SMILES string of the molecule is Cc1c(Nc2nccc(-c3cc(C#N)c4c(c3)[C@@](C)(CO[Si](C)(C)C(C)(C)C)CN4[B]C=O)n2)cnn1CCN1CCOCC1. The molecule has 1 atom stereocenters. The lowest BCUT2D eigenvalue weighted by Crippen LogP contribution is -2.46. The lowest BCUT2D eigenvalue weighted by atomic mass is 9.83. The summed E-state index contributed by atoms with van der Waals surface area (Å²) < 4.78 is 14.2. The van der Waals surface area contributed by atoms with Crippen molar-refractivity contribution < 1.29 is 14.0 Å². The van der Waals surface area contributed by atoms with Crippen LogP contribution in [0.25, 0.3) is 11.3 Å². The number of carbonyl (C=O) groups is 1. The Bertz CT molecular complexity index is 1580. The molecule has 11 nitrogen and oxygen atoms in total. The first-order valence-electron chi connectivity index (χ1n) is 15.6. The Labute approximate surface area is 268 Å². The van der Waals surface area contributed by atoms with Crippen molar-refractivity contribution in [3.05, 3.63) is 47.4 Å². The van der Waals surface area contributed by atoms with E-state index in [9.17, 15) is 10.1 Å². The van der Waals surface area contributed by atoms with Crippen LogP contribution in [0.2, 0.25) is 18.1 Å². The summed E-state index contributed by atoms with van der Waals surface area (Å²) in [6, 6.07) is 8.15. The van der Waals surface area contributed by atoms with Crippen LogP contribution in [0, 0.1) is 18.3 Å². The summed E-state index contributed by atoms with van der Waals surface area (Å²) in [5.74, 6) is 0.447. The van der Waals surface area contributed by atoms with E-state index < -0.39 is 13.7 Å². The molecule has 0 aliphatic carbocycles. The van der Waals surface area contributed by atoms with Crippen molar-refractivity contribution in [3.8, 4) is 17.3 Å². The number of nitriles is 1. The largest absolute Gasteiger partial charge is 0.416 e. The van der Waals surface area contributed by atoms with Crippen molar-refractivity contribution in [2.45, 2.75) is 64.7 Å². The fourth-order valence-corrected chi connectivity index (χ4v) is 6.73. The molecule has 2 aliphatic rings. The molecule has 1 N–H and O–H groups in total. The molecule has 1 aromatic carbocycles. The third-order valence-electron chi connectivity index (χ3n) is 9.52. The molecule has 0 amide bonds. The van der Waals surface area contributed by atoms with Gasteiger partial charge < -0.3 is 24.1 Å². The van der Waals surface area contributed by atoms with Crippen molar-refractivity contribution in [3.63, 3.8) is 0 Å². The maximum Gasteiger partial charge on any atom is 0.329 e. The van der Waals surface area contributed by atoms with Crippen molar-refractivity contribution in [1.29, 1.82) is 5.26 Å². The van der Waals surface area contributed by atoms with Gasteiger partial charge >= 0.3 is 7.41 Å². The number of nitrogens with zero attached hydrogens (tertiary/aromatic N) is 7. The Hall–Kier alpha value is -3.57. The molecular weight excluding hydrogens is 583 g/mol. The van der Waals surface area contributed by atoms with Gasteiger partial charge in [0.25, 0.3) is 0 Å². The number of aromatic nitrogens is 4. The Kier molecular flexibility index (Phi) is 9.51. The second-order valence-electron chi connectivity index (χ2n) is 13.8. The van der Waals surface area contributed by atoms with Crippen LogP contribution in [0.1, 0.15) is 44.5 Å². The van der Waals surface area contributed by atoms with Crippen LogP contribution in [0.3, 0.4) is 0 Å². The number of nitrogens with one attached hydrogen (secondary N) is 1. The van der Waals surface area contributed by atoms with E-state index >= 15 is 0 Å². The van der Waals surface area contributed by atoms with Crippen LogP contribution in [-0.4, -0.2) is 92.6 Å². The molecular formula is C32H44BN8O3Si. The minimum atomic E-state index is -2.05. The summed E-state index contributed by atoms with van der Waals surface area (Å²) in [4.78, 5) is 25.2. The predicted molar refractivity (Wildman–Crippen MR) is 180 cm³/mol. The van der Waals surface area contributed by atoms with Gasteiger partial charge in [0.2, 0.25) is 5.95 Å². The van der Waals surface area contributed by atoms with Crippen LogP contribution in [0.4, 0.5) is 17.3 Å². The van der Waals surface area contributed by atoms with Gasteiger partial charge in [-0.3, -0.25) is 9.58 Å². The monoisotopic (exact) mass is 627 g/mol. The highest BCUT2D eigenvalue weighted by atomic mass is 28.4. The number of fused-ring (bicyclic) bond motifs is 1. The zero-order valence-electron chi connectivity index (χ0n) is 27.6. The molecule has 2 aromatic heterocycles. The number of rotatable bonds is 11. The molecule has 0 unspecified atom stereocenters. The van der Waals surface area contributed by atoms with E-state index in [-0.39, 0.29) is 5.04 Å². The maximum atomic E-state index is 11.6. The first kappa shape index (κ1) is 32.8. The van der Waals surface area contributed by atoms with Crippen LogP contribution in [-0.2, 0) is 25.9 Å². The Morgan fingerprint density at radius 1 is 1.24 bits per heavy atom. The zero-order valence-corrected chi connectivity index (χ0v) is 28.6. The lowest BCUT2D eigenvalue weighted by Gasteiger charge is -2.39. The highest BCUT2D eigenvalue weighted by molar-refractivity contribution is 6.74. The Morgan fingerprint density at radius 2 is 2.00 bits per heavy atom. The van der Waals surface area contributed by atoms with Crippen LogP contribution >= 0.6 is 0 Å². The third-order valence-corrected chi connectivity index (χ3v) is 14.0. The maximum absolute atomic E-state index is 11.6. The van der Waals surface area contributed by atoms with Crippen molar-refractivity contribution in [1.82, 2.24) is 24.6 Å². The fourth-order valence-electron chi connectivity index (χ4n) is 5.61. The van der Waals surface area contributed by atoms with Gasteiger partial charge in [0.15, 0.2) is 8.32 Å². The highest BCUT2D eigenvalue weighted by Gasteiger charge is 2.44. The third kappa shape index (κ3) is 6.99. The summed E-state index contributed by atoms with van der Waals surface area (Å²) in [5, 5.41) is 18.2. The summed E-state index contributed by atoms with van der Waals surface area (Å²) in [7, 11) is -0.542. The van der Waals surface area contributed by atoms with Gasteiger partial charge in [-0.05, 0) is 48.8 Å². The smallest absolute Gasteiger partial charge is 0.329 e. The molecule has 3 aromatic rings. The van der Waals surface area contributed by atoms with Crippen LogP contribution in [0.5, 0.6) is 0 Å². The standard InChI is InChI=1S/C32H44BN8O3Si/c1-23-28(19-36-41(23)11-10-39-12-14-43-15-13-39)38-30-35-9-8-27(37-30)24-16-25(18-34)29-26(17-24)32(5,20-40(29)33-22-42)21-44-45(6,7)31(2,3)4/h8-9,16-17,19,22H,10-15,20-21H2,1-7H3,(H,35,37,38)/t32-/m1/s1. The molecule has 13 heteroatoms. The van der Waals surface area contributed by atoms with Crippen LogP contribution < -0.4 is 10.1 Å². The first-order chi connectivity index (χ1) is 21.3. The van der Waals surface area contributed by atoms with Gasteiger partial charge in [0.1, 0.15) is 12.3 Å². The highest BCUT2D eigenvalue weighted by Crippen LogP contribution is 2.46. The number of ether oxygens (including phenoxy) is 1. The summed E-state index contributed by atoms with van der Waals surface area (Å²) >= 11 is 0. The van der Waals surface area contributed by atoms with Crippen molar-refractivity contribution in [2.75, 3.05) is 56.1 Å². The van der Waals surface area contributed by atoms with Gasteiger partial charge in [0, 0.05) is 55.6 Å². The lowest BCUT2D eigenvalue weighted by molar-refractivity contribution is 0.0359. The van der Waals surface area contributed by atoms with Crippen molar-refractivity contribution in [2.24, 2.45) is 0 Å². The average Bonchev–Trinajstić information content (AvgIpc) is 3.50. The molecule has 45 heavy (non-hydrogen) atoms. The minimum absolute atomic E-state index is 0.0566. The summed E-state index contributed by atoms with van der Waals surface area (Å²) in [5.41, 5.74) is 5.12. The van der Waals surface area contributed by atoms with Gasteiger partial charge in [0.05, 0.1) is 48.6 Å². The quantitative estimate of drug-likeness (QED) is 0.240. The average molecular weight is 628 g/mol. The summed E-state index contributed by atoms with van der Waals surface area (Å²) in [6.45, 7) is 21.5. The second kappa shape index (κ2) is 13.0. The predicted octanol–water partition coefficient (Wildman–Crippen LogP) is 4.50.